The molecule has 3 aromatic rings. The van der Waals surface area contributed by atoms with Crippen LogP contribution in [0.3, 0.4) is 0 Å². The van der Waals surface area contributed by atoms with Crippen LogP contribution in [-0.2, 0) is 10.3 Å². The normalized spacial score (nSPS) is 14.7. The predicted octanol–water partition coefficient (Wildman–Crippen LogP) is 4.71. The van der Waals surface area contributed by atoms with Crippen LogP contribution >= 0.6 is 0 Å². The van der Waals surface area contributed by atoms with E-state index in [2.05, 4.69) is 12.0 Å². The molecule has 4 heteroatoms. The highest BCUT2D eigenvalue weighted by molar-refractivity contribution is 5.76. The van der Waals surface area contributed by atoms with E-state index in [1.807, 2.05) is 85.8 Å². The maximum Gasteiger partial charge on any atom is 0.422 e. The Labute approximate surface area is 170 Å². The highest BCUT2D eigenvalue weighted by atomic mass is 16.6. The molecule has 0 unspecified atom stereocenters. The first-order chi connectivity index (χ1) is 14.2. The molecule has 29 heavy (non-hydrogen) atoms. The van der Waals surface area contributed by atoms with E-state index in [1.165, 1.54) is 4.90 Å². The van der Waals surface area contributed by atoms with Gasteiger partial charge in [-0.15, -0.1) is 0 Å². The SMILES string of the molecule is COc1cccc(C)c1C#CN1C(=O)OCC1(c1ccccc1)c1ccccc1. The first-order valence-electron chi connectivity index (χ1n) is 9.40. The quantitative estimate of drug-likeness (QED) is 0.615. The van der Waals surface area contributed by atoms with Gasteiger partial charge in [0.25, 0.3) is 0 Å². The second-order valence-corrected chi connectivity index (χ2v) is 6.87. The lowest BCUT2D eigenvalue weighted by molar-refractivity contribution is 0.167. The maximum absolute atomic E-state index is 12.8. The largest absolute Gasteiger partial charge is 0.495 e. The number of benzene rings is 3. The summed E-state index contributed by atoms with van der Waals surface area (Å²) in [5.41, 5.74) is 2.81. The second kappa shape index (κ2) is 7.73. The van der Waals surface area contributed by atoms with Crippen molar-refractivity contribution in [3.63, 3.8) is 0 Å². The van der Waals surface area contributed by atoms with Crippen molar-refractivity contribution < 1.29 is 14.3 Å². The number of methoxy groups -OCH3 is 1. The van der Waals surface area contributed by atoms with Gasteiger partial charge in [-0.25, -0.2) is 9.69 Å². The van der Waals surface area contributed by atoms with Crippen molar-refractivity contribution in [1.82, 2.24) is 4.90 Å². The molecule has 1 amide bonds. The van der Waals surface area contributed by atoms with E-state index in [-0.39, 0.29) is 6.61 Å². The third-order valence-corrected chi connectivity index (χ3v) is 5.22. The lowest BCUT2D eigenvalue weighted by Crippen LogP contribution is -2.42. The van der Waals surface area contributed by atoms with Crippen molar-refractivity contribution in [2.45, 2.75) is 12.5 Å². The highest BCUT2D eigenvalue weighted by Gasteiger charge is 2.50. The molecule has 4 rings (SSSR count). The monoisotopic (exact) mass is 383 g/mol. The minimum Gasteiger partial charge on any atom is -0.495 e. The summed E-state index contributed by atoms with van der Waals surface area (Å²) in [6.45, 7) is 2.16. The van der Waals surface area contributed by atoms with Crippen molar-refractivity contribution in [3.8, 4) is 17.7 Å². The fraction of sp³-hybridized carbons (Fsp3) is 0.160. The van der Waals surface area contributed by atoms with E-state index in [0.717, 1.165) is 22.3 Å². The molecule has 0 bridgehead atoms. The molecular weight excluding hydrogens is 362 g/mol. The van der Waals surface area contributed by atoms with E-state index >= 15 is 0 Å². The van der Waals surface area contributed by atoms with Crippen molar-refractivity contribution in [1.29, 1.82) is 0 Å². The molecule has 0 saturated carbocycles. The minimum atomic E-state index is -0.817. The topological polar surface area (TPSA) is 38.8 Å². The number of aryl methyl sites for hydroxylation is 1. The smallest absolute Gasteiger partial charge is 0.422 e. The number of hydrogen-bond acceptors (Lipinski definition) is 3. The van der Waals surface area contributed by atoms with Crippen molar-refractivity contribution >= 4 is 6.09 Å². The predicted molar refractivity (Wildman–Crippen MR) is 111 cm³/mol. The molecule has 0 aliphatic carbocycles. The maximum atomic E-state index is 12.8. The van der Waals surface area contributed by atoms with Crippen molar-refractivity contribution in [3.05, 3.63) is 101 Å². The van der Waals surface area contributed by atoms with E-state index < -0.39 is 11.6 Å². The summed E-state index contributed by atoms with van der Waals surface area (Å²) in [4.78, 5) is 14.3. The number of carbonyl (C=O) groups is 1. The van der Waals surface area contributed by atoms with Gasteiger partial charge >= 0.3 is 6.09 Å². The molecule has 0 radical (unpaired) electrons. The summed E-state index contributed by atoms with van der Waals surface area (Å²) < 4.78 is 11.0. The Morgan fingerprint density at radius 2 is 1.55 bits per heavy atom. The standard InChI is InChI=1S/C25H21NO3/c1-19-10-9-15-23(28-2)22(19)16-17-26-24(27)29-18-25(26,20-11-5-3-6-12-20)21-13-7-4-8-14-21/h3-15H,18H2,1-2H3. The molecule has 1 aliphatic heterocycles. The van der Waals surface area contributed by atoms with Crippen molar-refractivity contribution in [2.24, 2.45) is 0 Å². The zero-order valence-electron chi connectivity index (χ0n) is 16.4. The van der Waals surface area contributed by atoms with Crippen LogP contribution < -0.4 is 4.74 Å². The van der Waals surface area contributed by atoms with Gasteiger partial charge in [0.2, 0.25) is 0 Å². The zero-order chi connectivity index (χ0) is 20.3. The van der Waals surface area contributed by atoms with Gasteiger partial charge in [-0.3, -0.25) is 0 Å². The second-order valence-electron chi connectivity index (χ2n) is 6.87. The lowest BCUT2D eigenvalue weighted by Gasteiger charge is -2.32. The fourth-order valence-corrected chi connectivity index (χ4v) is 3.69. The third kappa shape index (κ3) is 3.21. The Bertz CT molecular complexity index is 1040. The van der Waals surface area contributed by atoms with Gasteiger partial charge in [0.1, 0.15) is 17.9 Å². The average Bonchev–Trinajstić information content (AvgIpc) is 3.11. The summed E-state index contributed by atoms with van der Waals surface area (Å²) in [6.07, 6.45) is -0.460. The Balaban J connectivity index is 1.89. The van der Waals surface area contributed by atoms with Crippen LogP contribution in [0.2, 0.25) is 0 Å². The Morgan fingerprint density at radius 3 is 2.14 bits per heavy atom. The Kier molecular flexibility index (Phi) is 4.97. The van der Waals surface area contributed by atoms with Crippen molar-refractivity contribution in [2.75, 3.05) is 13.7 Å². The Hall–Kier alpha value is -3.71. The third-order valence-electron chi connectivity index (χ3n) is 5.22. The first-order valence-corrected chi connectivity index (χ1v) is 9.40. The molecule has 1 fully saturated rings. The zero-order valence-corrected chi connectivity index (χ0v) is 16.4. The van der Waals surface area contributed by atoms with Crippen LogP contribution in [0.1, 0.15) is 22.3 Å². The highest BCUT2D eigenvalue weighted by Crippen LogP contribution is 2.40. The van der Waals surface area contributed by atoms with Gasteiger partial charge < -0.3 is 9.47 Å². The van der Waals surface area contributed by atoms with Crippen LogP contribution in [0.5, 0.6) is 5.75 Å². The van der Waals surface area contributed by atoms with Gasteiger partial charge in [-0.1, -0.05) is 72.8 Å². The van der Waals surface area contributed by atoms with Crippen LogP contribution in [0, 0.1) is 18.9 Å². The molecule has 3 aromatic carbocycles. The summed E-state index contributed by atoms with van der Waals surface area (Å²) >= 11 is 0. The number of rotatable bonds is 3. The number of nitrogens with zero attached hydrogens (tertiary/aromatic N) is 1. The summed E-state index contributed by atoms with van der Waals surface area (Å²) in [7, 11) is 1.61. The van der Waals surface area contributed by atoms with E-state index in [1.54, 1.807) is 7.11 Å². The lowest BCUT2D eigenvalue weighted by atomic mass is 9.83. The Morgan fingerprint density at radius 1 is 0.931 bits per heavy atom. The molecule has 0 atom stereocenters. The first kappa shape index (κ1) is 18.6. The van der Waals surface area contributed by atoms with Gasteiger partial charge in [-0.2, -0.15) is 0 Å². The van der Waals surface area contributed by atoms with Crippen LogP contribution in [0.4, 0.5) is 4.79 Å². The molecule has 0 aromatic heterocycles. The van der Waals surface area contributed by atoms with Gasteiger partial charge in [0.15, 0.2) is 0 Å². The number of cyclic esters (lactones) is 1. The number of hydrogen-bond donors (Lipinski definition) is 0. The van der Waals surface area contributed by atoms with Gasteiger partial charge in [0.05, 0.1) is 12.7 Å². The number of ether oxygens (including phenoxy) is 2. The molecule has 1 heterocycles. The van der Waals surface area contributed by atoms with E-state index in [0.29, 0.717) is 5.75 Å². The van der Waals surface area contributed by atoms with Gasteiger partial charge in [0, 0.05) is 6.04 Å². The van der Waals surface area contributed by atoms with Crippen LogP contribution in [0.15, 0.2) is 78.9 Å². The summed E-state index contributed by atoms with van der Waals surface area (Å²) in [5.74, 6) is 3.83. The summed E-state index contributed by atoms with van der Waals surface area (Å²) in [5, 5.41) is 0. The minimum absolute atomic E-state index is 0.194. The molecule has 1 aliphatic rings. The van der Waals surface area contributed by atoms with Crippen LogP contribution in [-0.4, -0.2) is 24.7 Å². The fourth-order valence-electron chi connectivity index (χ4n) is 3.69. The molecule has 4 nitrogen and oxygen atoms in total. The van der Waals surface area contributed by atoms with E-state index in [4.69, 9.17) is 9.47 Å². The molecule has 144 valence electrons. The average molecular weight is 383 g/mol. The molecule has 0 N–H and O–H groups in total. The number of carbonyl (C=O) groups excluding carboxylic acids is 1. The van der Waals surface area contributed by atoms with Crippen LogP contribution in [0.25, 0.3) is 0 Å². The molecular formula is C25H21NO3. The molecule has 0 spiro atoms. The molecule has 1 saturated heterocycles. The van der Waals surface area contributed by atoms with E-state index in [9.17, 15) is 4.79 Å². The summed E-state index contributed by atoms with van der Waals surface area (Å²) in [6, 6.07) is 28.6. The number of amides is 1. The van der Waals surface area contributed by atoms with Gasteiger partial charge in [-0.05, 0) is 35.6 Å².